The van der Waals surface area contributed by atoms with Gasteiger partial charge in [-0.2, -0.15) is 5.10 Å². The fraction of sp³-hybridized carbons (Fsp3) is 0.375. The van der Waals surface area contributed by atoms with E-state index in [0.717, 1.165) is 18.7 Å². The zero-order valence-corrected chi connectivity index (χ0v) is 14.7. The fourth-order valence-electron chi connectivity index (χ4n) is 2.59. The molecular formula is C16H19N5O2S. The number of aromatic amines is 1. The van der Waals surface area contributed by atoms with Gasteiger partial charge in [0.15, 0.2) is 0 Å². The highest BCUT2D eigenvalue weighted by Gasteiger charge is 2.19. The molecule has 0 radical (unpaired) electrons. The lowest BCUT2D eigenvalue weighted by Gasteiger charge is -2.16. The Morgan fingerprint density at radius 1 is 1.46 bits per heavy atom. The van der Waals surface area contributed by atoms with Gasteiger partial charge in [0.2, 0.25) is 0 Å². The summed E-state index contributed by atoms with van der Waals surface area (Å²) in [6.45, 7) is 4.98. The van der Waals surface area contributed by atoms with E-state index >= 15 is 0 Å². The first kappa shape index (κ1) is 16.4. The summed E-state index contributed by atoms with van der Waals surface area (Å²) < 4.78 is 2.43. The SMILES string of the molecule is CCCn1ncc(C(=O)N(C)Cc2nc3ccsc3c(=O)[nH]2)c1C. The van der Waals surface area contributed by atoms with Crippen molar-refractivity contribution in [2.75, 3.05) is 7.05 Å². The van der Waals surface area contributed by atoms with Gasteiger partial charge in [-0.25, -0.2) is 4.98 Å². The number of hydrogen-bond donors (Lipinski definition) is 1. The molecule has 7 nitrogen and oxygen atoms in total. The van der Waals surface area contributed by atoms with Crippen molar-refractivity contribution in [1.29, 1.82) is 0 Å². The average Bonchev–Trinajstić information content (AvgIpc) is 3.15. The molecule has 0 saturated heterocycles. The highest BCUT2D eigenvalue weighted by atomic mass is 32.1. The van der Waals surface area contributed by atoms with Crippen molar-refractivity contribution >= 4 is 27.5 Å². The molecule has 0 saturated carbocycles. The fourth-order valence-corrected chi connectivity index (χ4v) is 3.32. The molecule has 3 heterocycles. The number of hydrogen-bond acceptors (Lipinski definition) is 5. The Morgan fingerprint density at radius 3 is 3.00 bits per heavy atom. The van der Waals surface area contributed by atoms with Gasteiger partial charge in [0.05, 0.1) is 23.8 Å². The third-order valence-electron chi connectivity index (χ3n) is 3.87. The predicted molar refractivity (Wildman–Crippen MR) is 93.3 cm³/mol. The predicted octanol–water partition coefficient (Wildman–Crippen LogP) is 2.17. The maximum absolute atomic E-state index is 12.6. The molecule has 126 valence electrons. The molecule has 0 unspecified atom stereocenters. The summed E-state index contributed by atoms with van der Waals surface area (Å²) in [6, 6.07) is 1.81. The number of rotatable bonds is 5. The second kappa shape index (κ2) is 6.56. The lowest BCUT2D eigenvalue weighted by molar-refractivity contribution is 0.0780. The summed E-state index contributed by atoms with van der Waals surface area (Å²) in [5.41, 5.74) is 1.91. The van der Waals surface area contributed by atoms with Crippen LogP contribution in [0, 0.1) is 6.92 Å². The summed E-state index contributed by atoms with van der Waals surface area (Å²) in [5.74, 6) is 0.336. The van der Waals surface area contributed by atoms with Crippen LogP contribution in [0.5, 0.6) is 0 Å². The van der Waals surface area contributed by atoms with Crippen LogP contribution in [-0.4, -0.2) is 37.6 Å². The first-order chi connectivity index (χ1) is 11.5. The van der Waals surface area contributed by atoms with E-state index in [4.69, 9.17) is 0 Å². The Morgan fingerprint density at radius 2 is 2.25 bits per heavy atom. The monoisotopic (exact) mass is 345 g/mol. The first-order valence-electron chi connectivity index (χ1n) is 7.75. The van der Waals surface area contributed by atoms with Crippen molar-refractivity contribution in [3.05, 3.63) is 45.1 Å². The number of thiophene rings is 1. The van der Waals surface area contributed by atoms with E-state index < -0.39 is 0 Å². The second-order valence-electron chi connectivity index (χ2n) is 5.68. The van der Waals surface area contributed by atoms with Crippen LogP contribution < -0.4 is 5.56 Å². The number of carbonyl (C=O) groups excluding carboxylic acids is 1. The lowest BCUT2D eigenvalue weighted by atomic mass is 10.2. The van der Waals surface area contributed by atoms with Crippen LogP contribution in [0.15, 0.2) is 22.4 Å². The highest BCUT2D eigenvalue weighted by Crippen LogP contribution is 2.15. The number of carbonyl (C=O) groups is 1. The van der Waals surface area contributed by atoms with Crippen molar-refractivity contribution in [1.82, 2.24) is 24.6 Å². The van der Waals surface area contributed by atoms with Crippen molar-refractivity contribution in [2.24, 2.45) is 0 Å². The minimum absolute atomic E-state index is 0.136. The molecule has 3 rings (SSSR count). The molecular weight excluding hydrogens is 326 g/mol. The van der Waals surface area contributed by atoms with Gasteiger partial charge in [0.25, 0.3) is 11.5 Å². The van der Waals surface area contributed by atoms with Gasteiger partial charge in [0.1, 0.15) is 10.5 Å². The number of H-pyrrole nitrogens is 1. The van der Waals surface area contributed by atoms with Crippen molar-refractivity contribution < 1.29 is 4.79 Å². The molecule has 0 aliphatic carbocycles. The van der Waals surface area contributed by atoms with E-state index in [1.807, 2.05) is 17.0 Å². The number of fused-ring (bicyclic) bond motifs is 1. The van der Waals surface area contributed by atoms with Crippen LogP contribution in [0.25, 0.3) is 10.2 Å². The molecule has 0 aliphatic rings. The quantitative estimate of drug-likeness (QED) is 0.768. The summed E-state index contributed by atoms with van der Waals surface area (Å²) in [4.78, 5) is 33.3. The van der Waals surface area contributed by atoms with Gasteiger partial charge >= 0.3 is 0 Å². The van der Waals surface area contributed by atoms with E-state index in [0.29, 0.717) is 21.6 Å². The molecule has 1 N–H and O–H groups in total. The van der Waals surface area contributed by atoms with Gasteiger partial charge in [0, 0.05) is 19.3 Å². The minimum Gasteiger partial charge on any atom is -0.334 e. The van der Waals surface area contributed by atoms with Crippen LogP contribution in [-0.2, 0) is 13.1 Å². The standard InChI is InChI=1S/C16H19N5O2S/c1-4-6-21-10(2)11(8-17-21)16(23)20(3)9-13-18-12-5-7-24-14(12)15(22)19-13/h5,7-8H,4,6,9H2,1-3H3,(H,18,19,22). The molecule has 0 spiro atoms. The van der Waals surface area contributed by atoms with Gasteiger partial charge in [-0.15, -0.1) is 11.3 Å². The smallest absolute Gasteiger partial charge is 0.268 e. The van der Waals surface area contributed by atoms with E-state index in [1.54, 1.807) is 19.3 Å². The summed E-state index contributed by atoms with van der Waals surface area (Å²) in [6.07, 6.45) is 2.56. The molecule has 0 bridgehead atoms. The summed E-state index contributed by atoms with van der Waals surface area (Å²) in [5, 5.41) is 6.09. The molecule has 8 heteroatoms. The van der Waals surface area contributed by atoms with E-state index in [1.165, 1.54) is 16.2 Å². The van der Waals surface area contributed by atoms with Crippen molar-refractivity contribution in [2.45, 2.75) is 33.4 Å². The Kier molecular flexibility index (Phi) is 4.48. The molecule has 3 aromatic heterocycles. The van der Waals surface area contributed by atoms with Crippen LogP contribution in [0.2, 0.25) is 0 Å². The van der Waals surface area contributed by atoms with Crippen LogP contribution >= 0.6 is 11.3 Å². The van der Waals surface area contributed by atoms with E-state index in [-0.39, 0.29) is 18.0 Å². The van der Waals surface area contributed by atoms with E-state index in [2.05, 4.69) is 22.0 Å². The molecule has 24 heavy (non-hydrogen) atoms. The average molecular weight is 345 g/mol. The number of aryl methyl sites for hydroxylation is 1. The van der Waals surface area contributed by atoms with Crippen LogP contribution in [0.4, 0.5) is 0 Å². The molecule has 0 aliphatic heterocycles. The molecule has 0 atom stereocenters. The number of amides is 1. The van der Waals surface area contributed by atoms with Gasteiger partial charge in [-0.05, 0) is 24.8 Å². The Hall–Kier alpha value is -2.48. The second-order valence-corrected chi connectivity index (χ2v) is 6.59. The maximum atomic E-state index is 12.6. The first-order valence-corrected chi connectivity index (χ1v) is 8.63. The molecule has 0 fully saturated rings. The zero-order chi connectivity index (χ0) is 17.3. The Labute approximate surface area is 142 Å². The highest BCUT2D eigenvalue weighted by molar-refractivity contribution is 7.17. The van der Waals surface area contributed by atoms with Gasteiger partial charge in [-0.1, -0.05) is 6.92 Å². The molecule has 0 aromatic carbocycles. The normalized spacial score (nSPS) is 11.1. The number of nitrogens with one attached hydrogen (secondary N) is 1. The van der Waals surface area contributed by atoms with Crippen LogP contribution in [0.1, 0.15) is 35.2 Å². The summed E-state index contributed by atoms with van der Waals surface area (Å²) in [7, 11) is 1.69. The topological polar surface area (TPSA) is 83.9 Å². The number of nitrogens with zero attached hydrogens (tertiary/aromatic N) is 4. The summed E-state index contributed by atoms with van der Waals surface area (Å²) >= 11 is 1.36. The largest absolute Gasteiger partial charge is 0.334 e. The minimum atomic E-state index is -0.169. The Bertz CT molecular complexity index is 939. The Balaban J connectivity index is 1.81. The molecule has 3 aromatic rings. The lowest BCUT2D eigenvalue weighted by Crippen LogP contribution is -2.28. The van der Waals surface area contributed by atoms with Crippen molar-refractivity contribution in [3.63, 3.8) is 0 Å². The van der Waals surface area contributed by atoms with Gasteiger partial charge in [-0.3, -0.25) is 14.3 Å². The van der Waals surface area contributed by atoms with Gasteiger partial charge < -0.3 is 9.88 Å². The third-order valence-corrected chi connectivity index (χ3v) is 4.77. The van der Waals surface area contributed by atoms with Crippen LogP contribution in [0.3, 0.4) is 0 Å². The van der Waals surface area contributed by atoms with Crippen molar-refractivity contribution in [3.8, 4) is 0 Å². The van der Waals surface area contributed by atoms with E-state index in [9.17, 15) is 9.59 Å². The molecule has 1 amide bonds. The number of aromatic nitrogens is 4. The maximum Gasteiger partial charge on any atom is 0.268 e. The zero-order valence-electron chi connectivity index (χ0n) is 13.9. The third kappa shape index (κ3) is 2.96.